The predicted octanol–water partition coefficient (Wildman–Crippen LogP) is 8.55. The molecule has 4 N–H and O–H groups in total. The minimum absolute atomic E-state index is 0.0539. The lowest BCUT2D eigenvalue weighted by atomic mass is 10.1. The molecule has 0 heterocycles. The van der Waals surface area contributed by atoms with Crippen LogP contribution in [0.5, 0.6) is 0 Å². The van der Waals surface area contributed by atoms with Gasteiger partial charge in [-0.3, -0.25) is 28.8 Å². The van der Waals surface area contributed by atoms with Crippen LogP contribution in [0.1, 0.15) is 124 Å². The monoisotopic (exact) mass is 876 g/mol. The number of benzene rings is 2. The highest BCUT2D eigenvalue weighted by molar-refractivity contribution is 8.14. The van der Waals surface area contributed by atoms with Crippen molar-refractivity contribution in [3.05, 3.63) is 71.8 Å². The third-order valence-corrected chi connectivity index (χ3v) is 12.3. The average molecular weight is 877 g/mol. The number of amides is 4. The van der Waals surface area contributed by atoms with Gasteiger partial charge in [0.25, 0.3) is 0 Å². The second kappa shape index (κ2) is 38.3. The Morgan fingerprint density at radius 3 is 1.05 bits per heavy atom. The molecule has 4 amide bonds. The van der Waals surface area contributed by atoms with Crippen molar-refractivity contribution in [1.29, 1.82) is 0 Å². The third kappa shape index (κ3) is 32.0. The van der Waals surface area contributed by atoms with Gasteiger partial charge in [-0.15, -0.1) is 0 Å². The van der Waals surface area contributed by atoms with Crippen molar-refractivity contribution in [3.63, 3.8) is 0 Å². The largest absolute Gasteiger partial charge is 0.355 e. The van der Waals surface area contributed by atoms with Crippen molar-refractivity contribution in [1.82, 2.24) is 21.3 Å². The first-order valence-electron chi connectivity index (χ1n) is 20.9. The van der Waals surface area contributed by atoms with E-state index in [2.05, 4.69) is 35.1 Å². The molecule has 0 saturated carbocycles. The van der Waals surface area contributed by atoms with E-state index in [9.17, 15) is 28.8 Å². The normalized spacial score (nSPS) is 10.5. The van der Waals surface area contributed by atoms with Crippen LogP contribution >= 0.6 is 47.0 Å². The molecule has 0 fully saturated rings. The van der Waals surface area contributed by atoms with Crippen molar-refractivity contribution in [2.75, 3.05) is 60.7 Å². The molecule has 0 radical (unpaired) electrons. The van der Waals surface area contributed by atoms with E-state index in [1.165, 1.54) is 77.0 Å². The summed E-state index contributed by atoms with van der Waals surface area (Å²) in [5.41, 5.74) is 1.13. The Hall–Kier alpha value is -2.94. The number of hydrogen-bond acceptors (Lipinski definition) is 10. The number of unbranched alkanes of at least 4 members (excludes halogenated alkanes) is 10. The van der Waals surface area contributed by atoms with Crippen LogP contribution in [0, 0.1) is 0 Å². The van der Waals surface area contributed by atoms with Crippen LogP contribution in [0.2, 0.25) is 0 Å². The third-order valence-electron chi connectivity index (χ3n) is 8.43. The molecule has 0 spiro atoms. The Balaban J connectivity index is 0.000000580. The quantitative estimate of drug-likeness (QED) is 0.0527. The maximum absolute atomic E-state index is 11.9. The summed E-state index contributed by atoms with van der Waals surface area (Å²) in [6.45, 7) is 6.55. The van der Waals surface area contributed by atoms with Gasteiger partial charge in [0.15, 0.2) is 0 Å². The molecule has 10 nitrogen and oxygen atoms in total. The van der Waals surface area contributed by atoms with E-state index in [0.717, 1.165) is 41.5 Å². The van der Waals surface area contributed by atoms with Gasteiger partial charge in [-0.1, -0.05) is 162 Å². The summed E-state index contributed by atoms with van der Waals surface area (Å²) in [5.74, 6) is 3.13. The van der Waals surface area contributed by atoms with Gasteiger partial charge in [0.2, 0.25) is 33.9 Å². The van der Waals surface area contributed by atoms with Gasteiger partial charge in [-0.2, -0.15) is 23.5 Å². The van der Waals surface area contributed by atoms with E-state index in [1.807, 2.05) is 12.1 Å². The second-order valence-electron chi connectivity index (χ2n) is 13.6. The zero-order valence-corrected chi connectivity index (χ0v) is 38.1. The minimum Gasteiger partial charge on any atom is -0.355 e. The Morgan fingerprint density at radius 2 is 0.707 bits per heavy atom. The van der Waals surface area contributed by atoms with Crippen LogP contribution < -0.4 is 21.3 Å². The average Bonchev–Trinajstić information content (AvgIpc) is 3.24. The van der Waals surface area contributed by atoms with E-state index in [4.69, 9.17) is 0 Å². The highest BCUT2D eigenvalue weighted by Crippen LogP contribution is 2.13. The van der Waals surface area contributed by atoms with Gasteiger partial charge in [0.1, 0.15) is 0 Å². The van der Waals surface area contributed by atoms with Gasteiger partial charge in [-0.25, -0.2) is 0 Å². The molecule has 0 unspecified atom stereocenters. The topological polar surface area (TPSA) is 151 Å². The smallest absolute Gasteiger partial charge is 0.230 e. The summed E-state index contributed by atoms with van der Waals surface area (Å²) in [6.07, 6.45) is 16.9. The zero-order chi connectivity index (χ0) is 42.3. The molecule has 0 aliphatic carbocycles. The molecule has 0 aliphatic heterocycles. The number of carbonyl (C=O) groups is 6. The number of carbonyl (C=O) groups excluding carboxylic acids is 6. The van der Waals surface area contributed by atoms with Crippen LogP contribution in [0.3, 0.4) is 0 Å². The Morgan fingerprint density at radius 1 is 0.397 bits per heavy atom. The van der Waals surface area contributed by atoms with Gasteiger partial charge in [0.05, 0.1) is 23.0 Å². The molecule has 58 heavy (non-hydrogen) atoms. The fourth-order valence-electron chi connectivity index (χ4n) is 5.17. The maximum Gasteiger partial charge on any atom is 0.230 e. The molecule has 14 heteroatoms. The van der Waals surface area contributed by atoms with Crippen LogP contribution in [-0.4, -0.2) is 94.6 Å². The molecule has 324 valence electrons. The minimum atomic E-state index is -0.227. The number of rotatable bonds is 32. The molecule has 2 aromatic carbocycles. The highest BCUT2D eigenvalue weighted by atomic mass is 32.2. The lowest BCUT2D eigenvalue weighted by Crippen LogP contribution is -2.31. The lowest BCUT2D eigenvalue weighted by molar-refractivity contribution is -0.119. The van der Waals surface area contributed by atoms with Crippen molar-refractivity contribution < 1.29 is 28.8 Å². The second-order valence-corrected chi connectivity index (χ2v) is 17.7. The van der Waals surface area contributed by atoms with Crippen LogP contribution in [0.4, 0.5) is 0 Å². The molecular formula is C44H68N4O6S4. The van der Waals surface area contributed by atoms with Crippen molar-refractivity contribution >= 4 is 80.9 Å². The van der Waals surface area contributed by atoms with E-state index in [-0.39, 0.29) is 45.4 Å². The van der Waals surface area contributed by atoms with Crippen molar-refractivity contribution in [2.45, 2.75) is 104 Å². The van der Waals surface area contributed by atoms with Gasteiger partial charge < -0.3 is 21.3 Å². The molecule has 0 bridgehead atoms. The van der Waals surface area contributed by atoms with Crippen molar-refractivity contribution in [3.8, 4) is 0 Å². The molecule has 0 saturated heterocycles. The maximum atomic E-state index is 11.9. The number of hydrogen-bond donors (Lipinski definition) is 4. The fraction of sp³-hybridized carbons (Fsp3) is 0.591. The molecule has 0 aromatic heterocycles. The van der Waals surface area contributed by atoms with Crippen LogP contribution in [0.25, 0.3) is 0 Å². The first kappa shape index (κ1) is 53.1. The molecule has 0 atom stereocenters. The molecule has 0 aliphatic rings. The highest BCUT2D eigenvalue weighted by Gasteiger charge is 2.11. The summed E-state index contributed by atoms with van der Waals surface area (Å²) >= 11 is 5.37. The summed E-state index contributed by atoms with van der Waals surface area (Å²) in [6, 6.07) is 17.6. The first-order valence-corrected chi connectivity index (χ1v) is 25.2. The molecule has 2 aromatic rings. The van der Waals surface area contributed by atoms with Gasteiger partial charge in [0, 0.05) is 37.3 Å². The van der Waals surface area contributed by atoms with E-state index >= 15 is 0 Å². The Labute approximate surface area is 365 Å². The summed E-state index contributed by atoms with van der Waals surface area (Å²) in [5, 5.41) is 11.0. The summed E-state index contributed by atoms with van der Waals surface area (Å²) in [4.78, 5) is 70.9. The summed E-state index contributed by atoms with van der Waals surface area (Å²) < 4.78 is 0. The fourth-order valence-corrected chi connectivity index (χ4v) is 8.18. The van der Waals surface area contributed by atoms with Gasteiger partial charge in [-0.05, 0) is 37.2 Å². The van der Waals surface area contributed by atoms with Crippen LogP contribution in [-0.2, 0) is 19.2 Å². The van der Waals surface area contributed by atoms with Crippen molar-refractivity contribution in [2.24, 2.45) is 0 Å². The lowest BCUT2D eigenvalue weighted by Gasteiger charge is -2.07. The Kier molecular flexibility index (Phi) is 35.0. The SMILES string of the molecule is CCCCCCCCSCC(=O)NCCCNC(=O)CSCCCCCCCC.O=C(CSC(=O)c1ccccc1)NCCCNC(=O)CSC(=O)c1ccccc1. The molecule has 2 rings (SSSR count). The zero-order valence-electron chi connectivity index (χ0n) is 34.8. The van der Waals surface area contributed by atoms with Crippen LogP contribution in [0.15, 0.2) is 60.7 Å². The van der Waals surface area contributed by atoms with E-state index < -0.39 is 0 Å². The number of thioether (sulfide) groups is 4. The predicted molar refractivity (Wildman–Crippen MR) is 249 cm³/mol. The van der Waals surface area contributed by atoms with E-state index in [1.54, 1.807) is 72.1 Å². The van der Waals surface area contributed by atoms with Gasteiger partial charge >= 0.3 is 0 Å². The standard InChI is InChI=1S/C23H46N2O2S2.C21H22N2O4S2/c1-3-5-7-9-11-13-18-28-20-22(26)24-16-15-17-25-23(27)21-29-19-14-12-10-8-6-4-2;24-18(14-28-20(26)16-8-3-1-4-9-16)22-12-7-13-23-19(25)15-29-21(27)17-10-5-2-6-11-17/h3-21H2,1-2H3,(H,24,26)(H,25,27);1-6,8-11H,7,12-15H2,(H,22,24)(H,23,25). The Bertz CT molecular complexity index is 1300. The van der Waals surface area contributed by atoms with E-state index in [0.29, 0.717) is 55.2 Å². The molecular weight excluding hydrogens is 809 g/mol. The number of nitrogens with one attached hydrogen (secondary N) is 4. The first-order chi connectivity index (χ1) is 28.3. The summed E-state index contributed by atoms with van der Waals surface area (Å²) in [7, 11) is 0.